The topological polar surface area (TPSA) is 60.9 Å². The molecule has 2 saturated heterocycles. The van der Waals surface area contributed by atoms with E-state index in [0.29, 0.717) is 44.6 Å². The van der Waals surface area contributed by atoms with Crippen molar-refractivity contribution in [1.29, 1.82) is 0 Å². The molecule has 0 aromatic heterocycles. The predicted molar refractivity (Wildman–Crippen MR) is 217 cm³/mol. The summed E-state index contributed by atoms with van der Waals surface area (Å²) in [4.78, 5) is 43.8. The summed E-state index contributed by atoms with van der Waals surface area (Å²) in [5.41, 5.74) is 4.48. The molecule has 280 valence electrons. The highest BCUT2D eigenvalue weighted by atomic mass is 16.2. The van der Waals surface area contributed by atoms with Crippen molar-refractivity contribution in [3.05, 3.63) is 126 Å². The quantitative estimate of drug-likeness (QED) is 0.219. The second kappa shape index (κ2) is 18.3. The van der Waals surface area contributed by atoms with E-state index in [9.17, 15) is 14.4 Å². The third-order valence-corrected chi connectivity index (χ3v) is 9.27. The Hall–Kier alpha value is -4.45. The molecular weight excluding hydrogens is 643 g/mol. The molecule has 0 atom stereocenters. The average molecular weight is 706 g/mol. The summed E-state index contributed by atoms with van der Waals surface area (Å²) in [6.45, 7) is 20.1. The number of piperidine rings is 1. The number of hydrogen-bond acceptors (Lipinski definition) is 4. The molecule has 3 aliphatic rings. The fourth-order valence-electron chi connectivity index (χ4n) is 6.27. The summed E-state index contributed by atoms with van der Waals surface area (Å²) < 4.78 is 0. The first-order valence-electron chi connectivity index (χ1n) is 18.5. The van der Waals surface area contributed by atoms with Gasteiger partial charge in [-0.25, -0.2) is 0 Å². The highest BCUT2D eigenvalue weighted by Crippen LogP contribution is 2.41. The second-order valence-electron chi connectivity index (χ2n) is 16.7. The maximum atomic E-state index is 14.0. The highest BCUT2D eigenvalue weighted by Gasteiger charge is 2.54. The summed E-state index contributed by atoms with van der Waals surface area (Å²) in [5.74, 6) is 1.03. The molecule has 52 heavy (non-hydrogen) atoms. The minimum Gasteiger partial charge on any atom is -0.339 e. The van der Waals surface area contributed by atoms with Crippen molar-refractivity contribution in [3.8, 4) is 0 Å². The van der Waals surface area contributed by atoms with Crippen LogP contribution in [0.3, 0.4) is 0 Å². The van der Waals surface area contributed by atoms with Crippen molar-refractivity contribution >= 4 is 23.3 Å². The zero-order chi connectivity index (χ0) is 37.2. The molecule has 0 N–H and O–H groups in total. The van der Waals surface area contributed by atoms with E-state index < -0.39 is 5.54 Å². The second-order valence-corrected chi connectivity index (χ2v) is 16.7. The van der Waals surface area contributed by atoms with Crippen LogP contribution in [0.4, 0.5) is 5.69 Å². The number of likely N-dealkylation sites (tertiary alicyclic amines) is 1. The van der Waals surface area contributed by atoms with Gasteiger partial charge in [0.05, 0.1) is 6.67 Å². The first-order valence-corrected chi connectivity index (χ1v) is 18.5. The van der Waals surface area contributed by atoms with Gasteiger partial charge < -0.3 is 14.7 Å². The Morgan fingerprint density at radius 3 is 1.83 bits per heavy atom. The number of benzene rings is 3. The largest absolute Gasteiger partial charge is 0.339 e. The summed E-state index contributed by atoms with van der Waals surface area (Å²) in [7, 11) is 0. The molecule has 1 saturated carbocycles. The Balaban J connectivity index is 0.000000448. The van der Waals surface area contributed by atoms with Crippen molar-refractivity contribution in [2.24, 2.45) is 10.8 Å². The zero-order valence-electron chi connectivity index (χ0n) is 32.0. The smallest absolute Gasteiger partial charge is 0.250 e. The molecular formula is C46H63N3O3. The van der Waals surface area contributed by atoms with Crippen LogP contribution in [0, 0.1) is 10.8 Å². The molecule has 1 aliphatic carbocycles. The van der Waals surface area contributed by atoms with Crippen LogP contribution in [0.5, 0.6) is 0 Å². The van der Waals surface area contributed by atoms with E-state index in [2.05, 4.69) is 87.7 Å². The number of amides is 2. The first-order chi connectivity index (χ1) is 24.1. The lowest BCUT2D eigenvalue weighted by Crippen LogP contribution is -2.57. The van der Waals surface area contributed by atoms with Crippen molar-refractivity contribution in [3.63, 3.8) is 0 Å². The van der Waals surface area contributed by atoms with E-state index in [-0.39, 0.29) is 30.4 Å². The minimum atomic E-state index is -0.611. The lowest BCUT2D eigenvalue weighted by molar-refractivity contribution is -0.136. The van der Waals surface area contributed by atoms with Crippen molar-refractivity contribution in [2.45, 2.75) is 106 Å². The Morgan fingerprint density at radius 2 is 1.35 bits per heavy atom. The molecule has 3 fully saturated rings. The third kappa shape index (κ3) is 12.1. The summed E-state index contributed by atoms with van der Waals surface area (Å²) >= 11 is 0. The van der Waals surface area contributed by atoms with Crippen LogP contribution in [-0.4, -0.2) is 52.7 Å². The molecule has 0 unspecified atom stereocenters. The fraction of sp³-hybridized carbons (Fsp3) is 0.457. The number of allylic oxidation sites excluding steroid dienone is 2. The van der Waals surface area contributed by atoms with Gasteiger partial charge in [-0.05, 0) is 84.4 Å². The van der Waals surface area contributed by atoms with E-state index >= 15 is 0 Å². The Labute approximate surface area is 314 Å². The van der Waals surface area contributed by atoms with Crippen LogP contribution in [0.15, 0.2) is 110 Å². The van der Waals surface area contributed by atoms with Crippen LogP contribution in [0.2, 0.25) is 0 Å². The maximum Gasteiger partial charge on any atom is 0.250 e. The molecule has 6 nitrogen and oxygen atoms in total. The normalized spacial score (nSPS) is 16.8. The van der Waals surface area contributed by atoms with E-state index in [1.54, 1.807) is 6.08 Å². The molecule has 2 heterocycles. The monoisotopic (exact) mass is 705 g/mol. The molecule has 3 aromatic carbocycles. The van der Waals surface area contributed by atoms with Gasteiger partial charge in [-0.1, -0.05) is 141 Å². The number of rotatable bonds is 8. The Bertz CT molecular complexity index is 1610. The SMILES string of the molecule is C.C=CC(=O)C(C)(C)C.CC(C)(C)C.O=C(/C=C\Cc1ccccc1)N1CCC2(CC1)C(=O)N(Cc1ccc(C3CC3)cc1)CN2c1ccccc1. The third-order valence-electron chi connectivity index (χ3n) is 9.27. The Kier molecular flexibility index (Phi) is 14.8. The van der Waals surface area contributed by atoms with Gasteiger partial charge in [0.1, 0.15) is 5.54 Å². The summed E-state index contributed by atoms with van der Waals surface area (Å²) in [6, 6.07) is 29.2. The van der Waals surface area contributed by atoms with E-state index in [0.717, 1.165) is 18.0 Å². The van der Waals surface area contributed by atoms with Crippen molar-refractivity contribution < 1.29 is 14.4 Å². The molecule has 0 radical (unpaired) electrons. The number of carbonyl (C=O) groups excluding carboxylic acids is 3. The fourth-order valence-corrected chi connectivity index (χ4v) is 6.27. The molecule has 0 bridgehead atoms. The van der Waals surface area contributed by atoms with Crippen LogP contribution >= 0.6 is 0 Å². The van der Waals surface area contributed by atoms with Gasteiger partial charge in [0.25, 0.3) is 0 Å². The molecule has 3 aromatic rings. The lowest BCUT2D eigenvalue weighted by Gasteiger charge is -2.43. The van der Waals surface area contributed by atoms with Gasteiger partial charge in [0.15, 0.2) is 5.78 Å². The number of nitrogens with zero attached hydrogens (tertiary/aromatic N) is 3. The van der Waals surface area contributed by atoms with Crippen LogP contribution in [0.25, 0.3) is 0 Å². The van der Waals surface area contributed by atoms with Crippen LogP contribution in [-0.2, 0) is 27.3 Å². The van der Waals surface area contributed by atoms with Crippen molar-refractivity contribution in [1.82, 2.24) is 9.80 Å². The molecule has 2 aliphatic heterocycles. The van der Waals surface area contributed by atoms with Crippen molar-refractivity contribution in [2.75, 3.05) is 24.7 Å². The number of ketones is 1. The number of carbonyl (C=O) groups is 3. The number of hydrogen-bond donors (Lipinski definition) is 0. The van der Waals surface area contributed by atoms with Gasteiger partial charge in [-0.3, -0.25) is 14.4 Å². The first kappa shape index (κ1) is 42.0. The maximum absolute atomic E-state index is 14.0. The Morgan fingerprint density at radius 1 is 0.808 bits per heavy atom. The van der Waals surface area contributed by atoms with Gasteiger partial charge in [-0.2, -0.15) is 0 Å². The highest BCUT2D eigenvalue weighted by molar-refractivity contribution is 5.94. The van der Waals surface area contributed by atoms with Gasteiger partial charge >= 0.3 is 0 Å². The van der Waals surface area contributed by atoms with E-state index in [4.69, 9.17) is 0 Å². The molecule has 1 spiro atoms. The molecule has 6 rings (SSSR count). The summed E-state index contributed by atoms with van der Waals surface area (Å²) in [5, 5.41) is 0. The van der Waals surface area contributed by atoms with Crippen LogP contribution in [0.1, 0.15) is 104 Å². The molecule has 6 heteroatoms. The average Bonchev–Trinajstić information content (AvgIpc) is 3.92. The van der Waals surface area contributed by atoms with Gasteiger partial charge in [-0.15, -0.1) is 0 Å². The predicted octanol–water partition coefficient (Wildman–Crippen LogP) is 10.0. The zero-order valence-corrected chi connectivity index (χ0v) is 32.0. The number of anilines is 1. The van der Waals surface area contributed by atoms with E-state index in [1.165, 1.54) is 35.6 Å². The summed E-state index contributed by atoms with van der Waals surface area (Å²) in [6.07, 6.45) is 9.58. The van der Waals surface area contributed by atoms with Gasteiger partial charge in [0.2, 0.25) is 11.8 Å². The number of para-hydroxylation sites is 1. The van der Waals surface area contributed by atoms with E-state index in [1.807, 2.05) is 73.0 Å². The molecule has 2 amide bonds. The standard InChI is InChI=1S/C33H35N3O2.C7H12O.C5H12.CH4/c37-31(13-7-10-26-8-3-1-4-9-26)34-22-20-33(21-23-34)32(38)35(25-36(33)30-11-5-2-6-12-30)24-27-14-16-28(17-15-27)29-18-19-29;1-5-6(8)7(2,3)4;1-5(2,3)4;/h1-9,11-17,29H,10,18-25H2;5H,1H2,2-4H3;1-4H3;1H4/b13-7-;;;. The van der Waals surface area contributed by atoms with Gasteiger partial charge in [0, 0.05) is 30.7 Å². The minimum absolute atomic E-state index is 0. The lowest BCUT2D eigenvalue weighted by atomic mass is 9.85. The van der Waals surface area contributed by atoms with Crippen LogP contribution < -0.4 is 4.90 Å².